The summed E-state index contributed by atoms with van der Waals surface area (Å²) in [5.41, 5.74) is 2.86. The quantitative estimate of drug-likeness (QED) is 0.468. The van der Waals surface area contributed by atoms with Crippen molar-refractivity contribution in [1.29, 1.82) is 0 Å². The van der Waals surface area contributed by atoms with Gasteiger partial charge in [0.1, 0.15) is 10.1 Å². The molecule has 1 fully saturated rings. The molecule has 0 radical (unpaired) electrons. The highest BCUT2D eigenvalue weighted by atomic mass is 32.2. The third kappa shape index (κ3) is 5.49. The molecule has 3 rings (SSSR count). The van der Waals surface area contributed by atoms with Crippen molar-refractivity contribution >= 4 is 51.9 Å². The maximum atomic E-state index is 12.7. The van der Waals surface area contributed by atoms with Gasteiger partial charge in [-0.3, -0.25) is 14.5 Å². The standard InChI is InChI=1S/C23H24N2O3S2/c1-3-16-10-12-17(13-11-16)15-20-22(27)25(23(29)30-20)14-6-9-21(26)24-18-7-4-5-8-19(18)28-2/h4-5,7-8,10-13,15H,3,6,9,14H2,1-2H3,(H,24,26)/b20-15-. The number of hydrogen-bond donors (Lipinski definition) is 1. The number of hydrogen-bond acceptors (Lipinski definition) is 5. The number of thiocarbonyl (C=S) groups is 1. The number of aryl methyl sites for hydroxylation is 1. The predicted octanol–water partition coefficient (Wildman–Crippen LogP) is 4.88. The topological polar surface area (TPSA) is 58.6 Å². The van der Waals surface area contributed by atoms with Crippen molar-refractivity contribution in [3.8, 4) is 5.75 Å². The minimum atomic E-state index is -0.128. The molecule has 0 spiro atoms. The van der Waals surface area contributed by atoms with Gasteiger partial charge in [0.05, 0.1) is 17.7 Å². The zero-order chi connectivity index (χ0) is 21.5. The van der Waals surface area contributed by atoms with Gasteiger partial charge in [-0.2, -0.15) is 0 Å². The first-order valence-corrected chi connectivity index (χ1v) is 11.0. The number of carbonyl (C=O) groups excluding carboxylic acids is 2. The Morgan fingerprint density at radius 1 is 1.20 bits per heavy atom. The van der Waals surface area contributed by atoms with E-state index in [0.29, 0.717) is 33.6 Å². The van der Waals surface area contributed by atoms with Crippen LogP contribution in [-0.2, 0) is 16.0 Å². The van der Waals surface area contributed by atoms with Crippen LogP contribution < -0.4 is 10.1 Å². The van der Waals surface area contributed by atoms with Gasteiger partial charge in [-0.15, -0.1) is 0 Å². The maximum Gasteiger partial charge on any atom is 0.266 e. The highest BCUT2D eigenvalue weighted by molar-refractivity contribution is 8.26. The van der Waals surface area contributed by atoms with Crippen LogP contribution in [0.2, 0.25) is 0 Å². The molecule has 0 atom stereocenters. The monoisotopic (exact) mass is 440 g/mol. The number of thioether (sulfide) groups is 1. The van der Waals surface area contributed by atoms with E-state index in [1.54, 1.807) is 24.1 Å². The Kier molecular flexibility index (Phi) is 7.65. The summed E-state index contributed by atoms with van der Waals surface area (Å²) in [6.07, 6.45) is 3.65. The number of para-hydroxylation sites is 2. The van der Waals surface area contributed by atoms with Gasteiger partial charge in [0.25, 0.3) is 5.91 Å². The number of nitrogens with zero attached hydrogens (tertiary/aromatic N) is 1. The second-order valence-electron chi connectivity index (χ2n) is 6.78. The van der Waals surface area contributed by atoms with E-state index in [2.05, 4.69) is 24.4 Å². The van der Waals surface area contributed by atoms with Crippen molar-refractivity contribution in [2.24, 2.45) is 0 Å². The summed E-state index contributed by atoms with van der Waals surface area (Å²) >= 11 is 6.68. The van der Waals surface area contributed by atoms with E-state index < -0.39 is 0 Å². The molecule has 5 nitrogen and oxygen atoms in total. The van der Waals surface area contributed by atoms with Gasteiger partial charge in [0, 0.05) is 13.0 Å². The fourth-order valence-electron chi connectivity index (χ4n) is 3.05. The molecule has 1 saturated heterocycles. The highest BCUT2D eigenvalue weighted by Gasteiger charge is 2.31. The Hall–Kier alpha value is -2.64. The third-order valence-electron chi connectivity index (χ3n) is 4.73. The zero-order valence-electron chi connectivity index (χ0n) is 17.0. The number of rotatable bonds is 8. The molecule has 1 N–H and O–H groups in total. The van der Waals surface area contributed by atoms with Crippen molar-refractivity contribution in [2.45, 2.75) is 26.2 Å². The number of anilines is 1. The number of nitrogens with one attached hydrogen (secondary N) is 1. The van der Waals surface area contributed by atoms with Gasteiger partial charge in [0.15, 0.2) is 0 Å². The molecule has 156 valence electrons. The first kappa shape index (κ1) is 22.1. The summed E-state index contributed by atoms with van der Waals surface area (Å²) in [6.45, 7) is 2.52. The summed E-state index contributed by atoms with van der Waals surface area (Å²) in [7, 11) is 1.56. The van der Waals surface area contributed by atoms with Crippen LogP contribution >= 0.6 is 24.0 Å². The van der Waals surface area contributed by atoms with E-state index in [9.17, 15) is 9.59 Å². The zero-order valence-corrected chi connectivity index (χ0v) is 18.6. The summed E-state index contributed by atoms with van der Waals surface area (Å²) < 4.78 is 5.77. The third-order valence-corrected chi connectivity index (χ3v) is 6.10. The van der Waals surface area contributed by atoms with Crippen LogP contribution in [-0.4, -0.2) is 34.7 Å². The first-order chi connectivity index (χ1) is 14.5. The van der Waals surface area contributed by atoms with Crippen LogP contribution in [0, 0.1) is 0 Å². The van der Waals surface area contributed by atoms with Crippen LogP contribution in [0.5, 0.6) is 5.75 Å². The van der Waals surface area contributed by atoms with E-state index in [0.717, 1.165) is 12.0 Å². The lowest BCUT2D eigenvalue weighted by molar-refractivity contribution is -0.122. The van der Waals surface area contributed by atoms with E-state index in [1.807, 2.05) is 30.3 Å². The van der Waals surface area contributed by atoms with Gasteiger partial charge in [-0.1, -0.05) is 67.3 Å². The Morgan fingerprint density at radius 3 is 2.63 bits per heavy atom. The number of methoxy groups -OCH3 is 1. The maximum absolute atomic E-state index is 12.7. The van der Waals surface area contributed by atoms with Crippen LogP contribution in [0.4, 0.5) is 5.69 Å². The Balaban J connectivity index is 1.54. The molecule has 1 aliphatic heterocycles. The molecule has 0 saturated carbocycles. The van der Waals surface area contributed by atoms with Crippen LogP contribution in [0.15, 0.2) is 53.4 Å². The molecule has 1 heterocycles. The van der Waals surface area contributed by atoms with Gasteiger partial charge < -0.3 is 10.1 Å². The van der Waals surface area contributed by atoms with Gasteiger partial charge in [-0.05, 0) is 42.2 Å². The lowest BCUT2D eigenvalue weighted by Gasteiger charge is -2.14. The first-order valence-electron chi connectivity index (χ1n) is 9.79. The number of amides is 2. The molecule has 2 aromatic carbocycles. The Labute approximate surface area is 186 Å². The van der Waals surface area contributed by atoms with Crippen molar-refractivity contribution in [1.82, 2.24) is 4.90 Å². The molecule has 1 aliphatic rings. The van der Waals surface area contributed by atoms with Crippen LogP contribution in [0.1, 0.15) is 30.9 Å². The number of benzene rings is 2. The molecule has 0 bridgehead atoms. The summed E-state index contributed by atoms with van der Waals surface area (Å²) in [5.74, 6) is 0.381. The molecule has 0 aliphatic carbocycles. The average Bonchev–Trinajstić information content (AvgIpc) is 3.02. The molecule has 0 aromatic heterocycles. The molecule has 2 aromatic rings. The molecule has 2 amide bonds. The van der Waals surface area contributed by atoms with E-state index in [-0.39, 0.29) is 18.2 Å². The smallest absolute Gasteiger partial charge is 0.266 e. The average molecular weight is 441 g/mol. The summed E-state index contributed by atoms with van der Waals surface area (Å²) in [5, 5.41) is 2.84. The minimum Gasteiger partial charge on any atom is -0.495 e. The van der Waals surface area contributed by atoms with E-state index in [4.69, 9.17) is 17.0 Å². The van der Waals surface area contributed by atoms with E-state index >= 15 is 0 Å². The lowest BCUT2D eigenvalue weighted by atomic mass is 10.1. The number of ether oxygens (including phenoxy) is 1. The highest BCUT2D eigenvalue weighted by Crippen LogP contribution is 2.32. The number of carbonyl (C=O) groups is 2. The Bertz CT molecular complexity index is 971. The Morgan fingerprint density at radius 2 is 1.93 bits per heavy atom. The second kappa shape index (κ2) is 10.4. The van der Waals surface area contributed by atoms with Crippen molar-refractivity contribution in [3.63, 3.8) is 0 Å². The lowest BCUT2D eigenvalue weighted by Crippen LogP contribution is -2.29. The van der Waals surface area contributed by atoms with Crippen molar-refractivity contribution in [3.05, 3.63) is 64.6 Å². The molecule has 7 heteroatoms. The van der Waals surface area contributed by atoms with Crippen molar-refractivity contribution in [2.75, 3.05) is 19.0 Å². The SMILES string of the molecule is CCc1ccc(/C=C2\SC(=S)N(CCCC(=O)Nc3ccccc3OC)C2=O)cc1. The summed E-state index contributed by atoms with van der Waals surface area (Å²) in [6, 6.07) is 15.4. The molecule has 0 unspecified atom stereocenters. The largest absolute Gasteiger partial charge is 0.495 e. The minimum absolute atomic E-state index is 0.102. The van der Waals surface area contributed by atoms with Crippen LogP contribution in [0.25, 0.3) is 6.08 Å². The van der Waals surface area contributed by atoms with E-state index in [1.165, 1.54) is 17.3 Å². The predicted molar refractivity (Wildman–Crippen MR) is 127 cm³/mol. The summed E-state index contributed by atoms with van der Waals surface area (Å²) in [4.78, 5) is 27.2. The fourth-order valence-corrected chi connectivity index (χ4v) is 4.36. The normalized spacial score (nSPS) is 15.0. The molecular weight excluding hydrogens is 416 g/mol. The molecule has 30 heavy (non-hydrogen) atoms. The second-order valence-corrected chi connectivity index (χ2v) is 8.46. The molecular formula is C23H24N2O3S2. The van der Waals surface area contributed by atoms with Crippen molar-refractivity contribution < 1.29 is 14.3 Å². The van der Waals surface area contributed by atoms with Gasteiger partial charge in [-0.25, -0.2) is 0 Å². The van der Waals surface area contributed by atoms with Crippen LogP contribution in [0.3, 0.4) is 0 Å². The van der Waals surface area contributed by atoms with Gasteiger partial charge in [0.2, 0.25) is 5.91 Å². The van der Waals surface area contributed by atoms with Gasteiger partial charge >= 0.3 is 0 Å². The fraction of sp³-hybridized carbons (Fsp3) is 0.261.